The summed E-state index contributed by atoms with van der Waals surface area (Å²) in [6.07, 6.45) is 8.47. The second-order valence-corrected chi connectivity index (χ2v) is 11.1. The van der Waals surface area contributed by atoms with E-state index in [0.29, 0.717) is 23.7 Å². The highest BCUT2D eigenvalue weighted by molar-refractivity contribution is 5.87. The van der Waals surface area contributed by atoms with Gasteiger partial charge in [-0.3, -0.25) is 14.8 Å². The topological polar surface area (TPSA) is 72.8 Å². The van der Waals surface area contributed by atoms with Gasteiger partial charge in [0.15, 0.2) is 11.4 Å². The molecule has 4 rings (SSSR count). The van der Waals surface area contributed by atoms with Crippen LogP contribution in [0.1, 0.15) is 86.0 Å². The van der Waals surface area contributed by atoms with Gasteiger partial charge in [0.1, 0.15) is 6.10 Å². The summed E-state index contributed by atoms with van der Waals surface area (Å²) in [4.78, 5) is 29.3. The molecule has 164 valence electrons. The Morgan fingerprint density at radius 2 is 1.69 bits per heavy atom. The van der Waals surface area contributed by atoms with Crippen LogP contribution >= 0.6 is 0 Å². The third-order valence-corrected chi connectivity index (χ3v) is 10.2. The van der Waals surface area contributed by atoms with Crippen molar-refractivity contribution in [2.75, 3.05) is 0 Å². The average Bonchev–Trinajstić information content (AvgIpc) is 2.88. The van der Waals surface area contributed by atoms with Crippen molar-refractivity contribution in [3.05, 3.63) is 0 Å². The fraction of sp³-hybridized carbons (Fsp3) is 0.917. The predicted octanol–water partition coefficient (Wildman–Crippen LogP) is 5.02. The van der Waals surface area contributed by atoms with Gasteiger partial charge in [-0.1, -0.05) is 20.8 Å². The number of carbonyl (C=O) groups excluding carboxylic acids is 2. The molecule has 4 aliphatic carbocycles. The van der Waals surface area contributed by atoms with Crippen LogP contribution in [0.3, 0.4) is 0 Å². The molecule has 9 atom stereocenters. The molecule has 0 aromatic carbocycles. The van der Waals surface area contributed by atoms with Crippen molar-refractivity contribution in [3.63, 3.8) is 0 Å². The fourth-order valence-electron chi connectivity index (χ4n) is 8.89. The van der Waals surface area contributed by atoms with E-state index in [2.05, 4.69) is 20.8 Å². The Morgan fingerprint density at radius 1 is 0.966 bits per heavy atom. The van der Waals surface area contributed by atoms with Gasteiger partial charge in [-0.2, -0.15) is 0 Å². The highest BCUT2D eigenvalue weighted by Crippen LogP contribution is 2.70. The molecule has 0 aliphatic heterocycles. The smallest absolute Gasteiger partial charge is 0.302 e. The number of ketones is 1. The van der Waals surface area contributed by atoms with Crippen molar-refractivity contribution in [1.29, 1.82) is 0 Å². The van der Waals surface area contributed by atoms with Crippen molar-refractivity contribution < 1.29 is 24.5 Å². The second-order valence-electron chi connectivity index (χ2n) is 11.1. The van der Waals surface area contributed by atoms with Gasteiger partial charge in [0, 0.05) is 12.3 Å². The largest absolute Gasteiger partial charge is 0.463 e. The number of Topliss-reactive ketones (excluding diaryl/α,β-unsaturated/α-hetero) is 1. The summed E-state index contributed by atoms with van der Waals surface area (Å²) in [5.41, 5.74) is -1.08. The lowest BCUT2D eigenvalue weighted by atomic mass is 9.44. The van der Waals surface area contributed by atoms with Crippen LogP contribution in [0.4, 0.5) is 0 Å². The monoisotopic (exact) mass is 406 g/mol. The van der Waals surface area contributed by atoms with Crippen molar-refractivity contribution in [2.45, 2.75) is 97.7 Å². The number of fused-ring (bicyclic) bond motifs is 5. The maximum absolute atomic E-state index is 12.7. The van der Waals surface area contributed by atoms with Gasteiger partial charge in [-0.15, -0.1) is 0 Å². The Hall–Kier alpha value is -0.940. The van der Waals surface area contributed by atoms with Gasteiger partial charge < -0.3 is 4.74 Å². The first kappa shape index (κ1) is 21.3. The minimum absolute atomic E-state index is 0.0299. The Balaban J connectivity index is 1.60. The molecule has 0 bridgehead atoms. The zero-order chi connectivity index (χ0) is 21.2. The molecule has 1 N–H and O–H groups in total. The maximum atomic E-state index is 12.7. The number of ether oxygens (including phenoxy) is 1. The standard InChI is InChI=1S/C24H38O5/c1-14-12-21-19-7-6-17-13-18(28-16(3)26)8-10-22(17,4)20(19)9-11-23(21,5)24(14,29-27)15(2)25/h14,17-21,27H,6-13H2,1-5H3/t14-,17+,18?,19?,20?,21?,22+,23+,24+/m1/s1. The van der Waals surface area contributed by atoms with Gasteiger partial charge in [0.25, 0.3) is 0 Å². The first-order valence-corrected chi connectivity index (χ1v) is 11.6. The normalized spacial score (nSPS) is 51.5. The SMILES string of the molecule is CC(=O)OC1CC[C@]2(C)C3CC[C@@]4(C)C(C[C@@H](C)[C@]4(OO)C(C)=O)C3CC[C@H]2C1. The first-order valence-electron chi connectivity index (χ1n) is 11.6. The molecule has 29 heavy (non-hydrogen) atoms. The van der Waals surface area contributed by atoms with E-state index < -0.39 is 5.60 Å². The molecular formula is C24H38O5. The molecule has 5 heteroatoms. The third kappa shape index (κ3) is 2.79. The van der Waals surface area contributed by atoms with Crippen molar-refractivity contribution in [1.82, 2.24) is 0 Å². The summed E-state index contributed by atoms with van der Waals surface area (Å²) < 4.78 is 5.57. The summed E-state index contributed by atoms with van der Waals surface area (Å²) in [5.74, 6) is 2.09. The molecule has 0 heterocycles. The van der Waals surface area contributed by atoms with E-state index in [0.717, 1.165) is 38.5 Å². The highest BCUT2D eigenvalue weighted by atomic mass is 17.1. The lowest BCUT2D eigenvalue weighted by Crippen LogP contribution is -2.60. The number of rotatable bonds is 3. The van der Waals surface area contributed by atoms with Gasteiger partial charge in [-0.25, -0.2) is 4.89 Å². The zero-order valence-electron chi connectivity index (χ0n) is 18.7. The van der Waals surface area contributed by atoms with Crippen molar-refractivity contribution in [3.8, 4) is 0 Å². The van der Waals surface area contributed by atoms with E-state index in [4.69, 9.17) is 9.62 Å². The molecule has 4 aliphatic rings. The van der Waals surface area contributed by atoms with Crippen LogP contribution in [0.25, 0.3) is 0 Å². The number of hydrogen-bond donors (Lipinski definition) is 1. The molecule has 0 aromatic rings. The molecule has 0 saturated heterocycles. The molecule has 5 nitrogen and oxygen atoms in total. The summed E-state index contributed by atoms with van der Waals surface area (Å²) in [6.45, 7) is 9.84. The van der Waals surface area contributed by atoms with E-state index in [1.54, 1.807) is 6.92 Å². The van der Waals surface area contributed by atoms with E-state index in [1.165, 1.54) is 19.8 Å². The lowest BCUT2D eigenvalue weighted by molar-refractivity contribution is -0.348. The van der Waals surface area contributed by atoms with Gasteiger partial charge in [-0.05, 0) is 93.3 Å². The second kappa shape index (κ2) is 7.05. The molecule has 4 fully saturated rings. The van der Waals surface area contributed by atoms with E-state index in [-0.39, 0.29) is 34.6 Å². The molecule has 0 radical (unpaired) electrons. The first-order chi connectivity index (χ1) is 13.6. The van der Waals surface area contributed by atoms with Crippen molar-refractivity contribution in [2.24, 2.45) is 40.4 Å². The lowest BCUT2D eigenvalue weighted by Gasteiger charge is -2.61. The quantitative estimate of drug-likeness (QED) is 0.404. The predicted molar refractivity (Wildman–Crippen MR) is 109 cm³/mol. The molecule has 0 aromatic heterocycles. The van der Waals surface area contributed by atoms with Gasteiger partial charge in [0.05, 0.1) is 0 Å². The minimum atomic E-state index is -1.06. The molecule has 4 unspecified atom stereocenters. The molecule has 0 spiro atoms. The number of esters is 1. The summed E-state index contributed by atoms with van der Waals surface area (Å²) in [6, 6.07) is 0. The van der Waals surface area contributed by atoms with Crippen LogP contribution in [-0.4, -0.2) is 28.7 Å². The Morgan fingerprint density at radius 3 is 2.31 bits per heavy atom. The fourth-order valence-corrected chi connectivity index (χ4v) is 8.89. The Labute approximate surface area is 174 Å². The van der Waals surface area contributed by atoms with Crippen LogP contribution < -0.4 is 0 Å². The maximum Gasteiger partial charge on any atom is 0.302 e. The highest BCUT2D eigenvalue weighted by Gasteiger charge is 2.70. The Kier molecular flexibility index (Phi) is 5.18. The van der Waals surface area contributed by atoms with Crippen LogP contribution in [0, 0.1) is 40.4 Å². The average molecular weight is 407 g/mol. The number of hydrogen-bond acceptors (Lipinski definition) is 5. The molecular weight excluding hydrogens is 368 g/mol. The van der Waals surface area contributed by atoms with Crippen LogP contribution in [0.2, 0.25) is 0 Å². The van der Waals surface area contributed by atoms with Gasteiger partial charge in [0.2, 0.25) is 0 Å². The van der Waals surface area contributed by atoms with Crippen LogP contribution in [-0.2, 0) is 19.2 Å². The minimum Gasteiger partial charge on any atom is -0.463 e. The summed E-state index contributed by atoms with van der Waals surface area (Å²) >= 11 is 0. The summed E-state index contributed by atoms with van der Waals surface area (Å²) in [7, 11) is 0. The van der Waals surface area contributed by atoms with Crippen LogP contribution in [0.15, 0.2) is 0 Å². The Bertz CT molecular complexity index is 691. The number of carbonyl (C=O) groups is 2. The van der Waals surface area contributed by atoms with E-state index in [9.17, 15) is 14.8 Å². The summed E-state index contributed by atoms with van der Waals surface area (Å²) in [5, 5.41) is 9.93. The van der Waals surface area contributed by atoms with Crippen molar-refractivity contribution >= 4 is 11.8 Å². The molecule has 4 saturated carbocycles. The van der Waals surface area contributed by atoms with Crippen LogP contribution in [0.5, 0.6) is 0 Å². The van der Waals surface area contributed by atoms with E-state index >= 15 is 0 Å². The van der Waals surface area contributed by atoms with E-state index in [1.807, 2.05) is 0 Å². The van der Waals surface area contributed by atoms with Gasteiger partial charge >= 0.3 is 5.97 Å². The third-order valence-electron chi connectivity index (χ3n) is 10.2. The molecule has 0 amide bonds. The zero-order valence-corrected chi connectivity index (χ0v) is 18.7.